The molecular formula is C18H21FN2O4S. The maximum Gasteiger partial charge on any atom is 0.330 e. The summed E-state index contributed by atoms with van der Waals surface area (Å²) >= 11 is 1.56. The Balaban J connectivity index is 1.61. The number of rotatable bonds is 4. The lowest BCUT2D eigenvalue weighted by Crippen LogP contribution is -2.48. The van der Waals surface area contributed by atoms with Gasteiger partial charge in [-0.1, -0.05) is 6.07 Å². The first kappa shape index (κ1) is 18.7. The van der Waals surface area contributed by atoms with E-state index in [0.717, 1.165) is 0 Å². The fourth-order valence-electron chi connectivity index (χ4n) is 3.22. The number of esters is 1. The normalized spacial score (nSPS) is 25.8. The molecule has 1 aromatic rings. The molecule has 1 aromatic carbocycles. The summed E-state index contributed by atoms with van der Waals surface area (Å²) in [6, 6.07) is 3.67. The van der Waals surface area contributed by atoms with E-state index in [2.05, 4.69) is 5.32 Å². The van der Waals surface area contributed by atoms with Crippen molar-refractivity contribution in [2.24, 2.45) is 0 Å². The van der Waals surface area contributed by atoms with Crippen molar-refractivity contribution < 1.29 is 23.5 Å². The third kappa shape index (κ3) is 3.42. The molecule has 0 aromatic heterocycles. The number of nitrogens with zero attached hydrogens (tertiary/aromatic N) is 1. The van der Waals surface area contributed by atoms with E-state index >= 15 is 0 Å². The molecule has 2 aliphatic rings. The number of carbonyl (C=O) groups is 3. The molecule has 0 bridgehead atoms. The van der Waals surface area contributed by atoms with Crippen LogP contribution >= 0.6 is 11.8 Å². The highest BCUT2D eigenvalue weighted by Crippen LogP contribution is 2.47. The number of anilines is 1. The van der Waals surface area contributed by atoms with Crippen molar-refractivity contribution in [2.45, 2.75) is 50.6 Å². The molecule has 2 aliphatic heterocycles. The first-order valence-corrected chi connectivity index (χ1v) is 9.43. The quantitative estimate of drug-likeness (QED) is 0.812. The molecule has 3 atom stereocenters. The zero-order valence-corrected chi connectivity index (χ0v) is 15.7. The summed E-state index contributed by atoms with van der Waals surface area (Å²) in [5.41, 5.74) is 0.763. The van der Waals surface area contributed by atoms with E-state index in [1.165, 1.54) is 13.0 Å². The molecule has 2 amide bonds. The Morgan fingerprint density at radius 1 is 1.46 bits per heavy atom. The molecular weight excluding hydrogens is 359 g/mol. The highest BCUT2D eigenvalue weighted by atomic mass is 32.2. The maximum absolute atomic E-state index is 13.6. The number of fused-ring (bicyclic) bond motifs is 1. The van der Waals surface area contributed by atoms with Gasteiger partial charge in [0, 0.05) is 17.9 Å². The molecule has 2 heterocycles. The molecule has 0 saturated carbocycles. The Labute approximate surface area is 155 Å². The van der Waals surface area contributed by atoms with Gasteiger partial charge in [0.15, 0.2) is 6.10 Å². The third-order valence-electron chi connectivity index (χ3n) is 4.82. The lowest BCUT2D eigenvalue weighted by molar-refractivity contribution is -0.160. The maximum atomic E-state index is 13.6. The number of halogens is 1. The SMILES string of the molecule is Cc1ccc(NC(=O)[C@@H](C)OC(=O)[C@@H]2CS[C@@]3(C)CCC(=O)N23)cc1F. The van der Waals surface area contributed by atoms with Gasteiger partial charge in [0.05, 0.1) is 4.87 Å². The average molecular weight is 380 g/mol. The zero-order valence-electron chi connectivity index (χ0n) is 14.9. The summed E-state index contributed by atoms with van der Waals surface area (Å²) in [6.45, 7) is 5.02. The number of hydrogen-bond acceptors (Lipinski definition) is 5. The largest absolute Gasteiger partial charge is 0.451 e. The second kappa shape index (κ2) is 6.90. The van der Waals surface area contributed by atoms with E-state index in [9.17, 15) is 18.8 Å². The smallest absolute Gasteiger partial charge is 0.330 e. The van der Waals surface area contributed by atoms with Gasteiger partial charge in [0.25, 0.3) is 5.91 Å². The number of thioether (sulfide) groups is 1. The molecule has 140 valence electrons. The fraction of sp³-hybridized carbons (Fsp3) is 0.500. The van der Waals surface area contributed by atoms with E-state index in [1.807, 2.05) is 6.92 Å². The van der Waals surface area contributed by atoms with Crippen molar-refractivity contribution in [2.75, 3.05) is 11.1 Å². The summed E-state index contributed by atoms with van der Waals surface area (Å²) in [4.78, 5) is 38.0. The van der Waals surface area contributed by atoms with Gasteiger partial charge in [0.1, 0.15) is 11.9 Å². The van der Waals surface area contributed by atoms with Crippen LogP contribution in [0.15, 0.2) is 18.2 Å². The number of ether oxygens (including phenoxy) is 1. The standard InChI is InChI=1S/C18H21FN2O4S/c1-10-4-5-12(8-13(10)19)20-16(23)11(2)25-17(24)14-9-26-18(3)7-6-15(22)21(14)18/h4-5,8,11,14H,6-7,9H2,1-3H3,(H,20,23)/t11-,14+,18+/m1/s1. The molecule has 3 rings (SSSR count). The van der Waals surface area contributed by atoms with Crippen LogP contribution in [-0.4, -0.2) is 45.5 Å². The van der Waals surface area contributed by atoms with Gasteiger partial charge < -0.3 is 15.0 Å². The highest BCUT2D eigenvalue weighted by Gasteiger charge is 2.53. The monoisotopic (exact) mass is 380 g/mol. The van der Waals surface area contributed by atoms with Gasteiger partial charge in [-0.2, -0.15) is 0 Å². The topological polar surface area (TPSA) is 75.7 Å². The molecule has 1 N–H and O–H groups in total. The second-order valence-corrected chi connectivity index (χ2v) is 8.30. The van der Waals surface area contributed by atoms with E-state index in [-0.39, 0.29) is 10.8 Å². The van der Waals surface area contributed by atoms with Crippen LogP contribution in [0.4, 0.5) is 10.1 Å². The summed E-state index contributed by atoms with van der Waals surface area (Å²) < 4.78 is 18.8. The molecule has 0 unspecified atom stereocenters. The van der Waals surface area contributed by atoms with Crippen molar-refractivity contribution in [1.29, 1.82) is 0 Å². The minimum absolute atomic E-state index is 0.0633. The van der Waals surface area contributed by atoms with Crippen molar-refractivity contribution >= 4 is 35.2 Å². The number of amides is 2. The van der Waals surface area contributed by atoms with Crippen molar-refractivity contribution in [3.8, 4) is 0 Å². The van der Waals surface area contributed by atoms with Gasteiger partial charge in [0.2, 0.25) is 5.91 Å². The number of carbonyl (C=O) groups excluding carboxylic acids is 3. The van der Waals surface area contributed by atoms with Crippen LogP contribution in [0.2, 0.25) is 0 Å². The zero-order chi connectivity index (χ0) is 19.1. The highest BCUT2D eigenvalue weighted by molar-refractivity contribution is 8.01. The Morgan fingerprint density at radius 3 is 2.88 bits per heavy atom. The lowest BCUT2D eigenvalue weighted by atomic mass is 10.2. The minimum Gasteiger partial charge on any atom is -0.451 e. The molecule has 6 nitrogen and oxygen atoms in total. The lowest BCUT2D eigenvalue weighted by Gasteiger charge is -2.29. The first-order chi connectivity index (χ1) is 12.2. The molecule has 2 saturated heterocycles. The minimum atomic E-state index is -1.05. The van der Waals surface area contributed by atoms with Crippen LogP contribution in [0.3, 0.4) is 0 Å². The molecule has 0 radical (unpaired) electrons. The van der Waals surface area contributed by atoms with Gasteiger partial charge >= 0.3 is 5.97 Å². The van der Waals surface area contributed by atoms with E-state index in [4.69, 9.17) is 4.74 Å². The Hall–Kier alpha value is -2.09. The number of hydrogen-bond donors (Lipinski definition) is 1. The van der Waals surface area contributed by atoms with Crippen LogP contribution in [0.5, 0.6) is 0 Å². The Kier molecular flexibility index (Phi) is 4.96. The molecule has 8 heteroatoms. The van der Waals surface area contributed by atoms with Crippen LogP contribution in [0, 0.1) is 12.7 Å². The Bertz CT molecular complexity index is 772. The summed E-state index contributed by atoms with van der Waals surface area (Å²) in [6.07, 6.45) is 0.0684. The van der Waals surface area contributed by atoms with Crippen molar-refractivity contribution in [3.05, 3.63) is 29.6 Å². The van der Waals surface area contributed by atoms with Gasteiger partial charge in [-0.05, 0) is 44.9 Å². The second-order valence-electron chi connectivity index (χ2n) is 6.80. The predicted molar refractivity (Wildman–Crippen MR) is 96.1 cm³/mol. The van der Waals surface area contributed by atoms with Gasteiger partial charge in [-0.3, -0.25) is 9.59 Å². The van der Waals surface area contributed by atoms with Crippen LogP contribution < -0.4 is 5.32 Å². The van der Waals surface area contributed by atoms with E-state index < -0.39 is 29.8 Å². The predicted octanol–water partition coefficient (Wildman–Crippen LogP) is 2.46. The number of benzene rings is 1. The van der Waals surface area contributed by atoms with Gasteiger partial charge in [-0.15, -0.1) is 11.8 Å². The van der Waals surface area contributed by atoms with Crippen molar-refractivity contribution in [1.82, 2.24) is 4.90 Å². The van der Waals surface area contributed by atoms with Crippen molar-refractivity contribution in [3.63, 3.8) is 0 Å². The third-order valence-corrected chi connectivity index (χ3v) is 6.32. The number of nitrogens with one attached hydrogen (secondary N) is 1. The number of aryl methyl sites for hydroxylation is 1. The van der Waals surface area contributed by atoms with Crippen LogP contribution in [0.25, 0.3) is 0 Å². The van der Waals surface area contributed by atoms with Crippen LogP contribution in [0.1, 0.15) is 32.3 Å². The Morgan fingerprint density at radius 2 is 2.19 bits per heavy atom. The summed E-state index contributed by atoms with van der Waals surface area (Å²) in [5.74, 6) is -1.18. The summed E-state index contributed by atoms with van der Waals surface area (Å²) in [7, 11) is 0. The first-order valence-electron chi connectivity index (χ1n) is 8.45. The van der Waals surface area contributed by atoms with E-state index in [0.29, 0.717) is 29.8 Å². The average Bonchev–Trinajstić information content (AvgIpc) is 3.07. The van der Waals surface area contributed by atoms with Crippen LogP contribution in [-0.2, 0) is 19.1 Å². The van der Waals surface area contributed by atoms with Gasteiger partial charge in [-0.25, -0.2) is 9.18 Å². The van der Waals surface area contributed by atoms with E-state index in [1.54, 1.807) is 35.7 Å². The molecule has 26 heavy (non-hydrogen) atoms. The summed E-state index contributed by atoms with van der Waals surface area (Å²) in [5, 5.41) is 2.53. The molecule has 2 fully saturated rings. The molecule has 0 aliphatic carbocycles. The fourth-order valence-corrected chi connectivity index (χ4v) is 4.63. The molecule has 0 spiro atoms.